The van der Waals surface area contributed by atoms with E-state index in [1.165, 1.54) is 0 Å². The van der Waals surface area contributed by atoms with Crippen LogP contribution in [0.4, 0.5) is 0 Å². The first-order valence-corrected chi connectivity index (χ1v) is 6.57. The molecule has 0 spiro atoms. The lowest BCUT2D eigenvalue weighted by atomic mass is 10.3. The summed E-state index contributed by atoms with van der Waals surface area (Å²) < 4.78 is 11.3. The van der Waals surface area contributed by atoms with Crippen LogP contribution in [-0.2, 0) is 9.47 Å². The molecule has 0 fully saturated rings. The lowest BCUT2D eigenvalue weighted by molar-refractivity contribution is -0.144. The van der Waals surface area contributed by atoms with E-state index in [-0.39, 0.29) is 11.7 Å². The fourth-order valence-corrected chi connectivity index (χ4v) is 1.28. The minimum atomic E-state index is -0.227. The number of rotatable bonds is 10. The van der Waals surface area contributed by atoms with Crippen LogP contribution in [0.2, 0.25) is 0 Å². The molecular weight excluding hydrogens is 212 g/mol. The molecule has 0 radical (unpaired) electrons. The second-order valence-corrected chi connectivity index (χ2v) is 4.30. The Kier molecular flexibility index (Phi) is 10.9. The average Bonchev–Trinajstić information content (AvgIpc) is 2.26. The molecule has 0 aliphatic carbocycles. The van der Waals surface area contributed by atoms with E-state index in [4.69, 9.17) is 21.1 Å². The topological polar surface area (TPSA) is 18.5 Å². The second-order valence-electron chi connectivity index (χ2n) is 3.74. The van der Waals surface area contributed by atoms with Crippen LogP contribution in [0.15, 0.2) is 0 Å². The van der Waals surface area contributed by atoms with Gasteiger partial charge in [-0.2, -0.15) is 0 Å². The number of alkyl halides is 1. The summed E-state index contributed by atoms with van der Waals surface area (Å²) >= 11 is 6.14. The molecule has 0 aliphatic heterocycles. The largest absolute Gasteiger partial charge is 0.351 e. The van der Waals surface area contributed by atoms with Crippen LogP contribution >= 0.6 is 11.6 Å². The zero-order valence-electron chi connectivity index (χ0n) is 10.3. The third-order valence-corrected chi connectivity index (χ3v) is 2.76. The Bertz CT molecular complexity index is 121. The molecule has 0 amide bonds. The second kappa shape index (κ2) is 10.7. The van der Waals surface area contributed by atoms with Crippen LogP contribution in [0.5, 0.6) is 0 Å². The van der Waals surface area contributed by atoms with Crippen LogP contribution in [-0.4, -0.2) is 24.9 Å². The van der Waals surface area contributed by atoms with E-state index in [2.05, 4.69) is 20.8 Å². The molecule has 0 aromatic rings. The fourth-order valence-electron chi connectivity index (χ4n) is 1.14. The number of halogens is 1. The Hall–Kier alpha value is 0.210. The summed E-state index contributed by atoms with van der Waals surface area (Å²) in [6.07, 6.45) is 5.07. The van der Waals surface area contributed by atoms with Gasteiger partial charge in [0.1, 0.15) is 0 Å². The van der Waals surface area contributed by atoms with Crippen molar-refractivity contribution in [1.82, 2.24) is 0 Å². The monoisotopic (exact) mass is 236 g/mol. The van der Waals surface area contributed by atoms with Gasteiger partial charge in [-0.15, -0.1) is 11.6 Å². The first-order valence-electron chi connectivity index (χ1n) is 6.13. The molecule has 0 heterocycles. The van der Waals surface area contributed by atoms with Gasteiger partial charge in [0.25, 0.3) is 0 Å². The third-order valence-electron chi connectivity index (χ3n) is 2.25. The highest BCUT2D eigenvalue weighted by Gasteiger charge is 2.18. The summed E-state index contributed by atoms with van der Waals surface area (Å²) in [4.78, 5) is 0. The van der Waals surface area contributed by atoms with E-state index in [1.54, 1.807) is 0 Å². The number of unbranched alkanes of at least 4 members (excludes halogenated alkanes) is 2. The Balaban J connectivity index is 3.73. The summed E-state index contributed by atoms with van der Waals surface area (Å²) in [5.74, 6) is 0. The maximum Gasteiger partial charge on any atom is 0.173 e. The highest BCUT2D eigenvalue weighted by molar-refractivity contribution is 6.20. The van der Waals surface area contributed by atoms with Crippen LogP contribution in [0, 0.1) is 0 Å². The van der Waals surface area contributed by atoms with Gasteiger partial charge in [0, 0.05) is 13.2 Å². The van der Waals surface area contributed by atoms with E-state index < -0.39 is 0 Å². The lowest BCUT2D eigenvalue weighted by Crippen LogP contribution is -2.28. The third kappa shape index (κ3) is 8.06. The van der Waals surface area contributed by atoms with Crippen molar-refractivity contribution in [3.63, 3.8) is 0 Å². The van der Waals surface area contributed by atoms with Crippen molar-refractivity contribution in [3.05, 3.63) is 0 Å². The minimum Gasteiger partial charge on any atom is -0.351 e. The van der Waals surface area contributed by atoms with Crippen molar-refractivity contribution in [3.8, 4) is 0 Å². The van der Waals surface area contributed by atoms with Crippen molar-refractivity contribution >= 4 is 11.6 Å². The predicted molar refractivity (Wildman–Crippen MR) is 65.4 cm³/mol. The Morgan fingerprint density at radius 1 is 0.933 bits per heavy atom. The molecule has 0 bridgehead atoms. The van der Waals surface area contributed by atoms with E-state index in [1.807, 2.05) is 0 Å². The van der Waals surface area contributed by atoms with Crippen LogP contribution < -0.4 is 0 Å². The molecule has 1 unspecified atom stereocenters. The zero-order chi connectivity index (χ0) is 11.5. The van der Waals surface area contributed by atoms with Gasteiger partial charge in [0.05, 0.1) is 5.38 Å². The summed E-state index contributed by atoms with van der Waals surface area (Å²) in [5.41, 5.74) is 0. The van der Waals surface area contributed by atoms with Crippen LogP contribution in [0.25, 0.3) is 0 Å². The van der Waals surface area contributed by atoms with Gasteiger partial charge in [-0.25, -0.2) is 0 Å². The normalized spacial score (nSPS) is 13.4. The number of ether oxygens (including phenoxy) is 2. The van der Waals surface area contributed by atoms with Crippen molar-refractivity contribution in [2.75, 3.05) is 13.2 Å². The maximum atomic E-state index is 6.14. The Labute approximate surface area is 99.3 Å². The van der Waals surface area contributed by atoms with E-state index in [9.17, 15) is 0 Å². The zero-order valence-corrected chi connectivity index (χ0v) is 11.1. The molecule has 1 atom stereocenters. The quantitative estimate of drug-likeness (QED) is 0.325. The summed E-state index contributed by atoms with van der Waals surface area (Å²) in [5, 5.41) is -0.0290. The first kappa shape index (κ1) is 15.2. The minimum absolute atomic E-state index is 0.0290. The molecule has 0 aromatic carbocycles. The molecule has 0 aromatic heterocycles. The first-order chi connectivity index (χ1) is 7.26. The van der Waals surface area contributed by atoms with E-state index >= 15 is 0 Å². The van der Waals surface area contributed by atoms with Crippen molar-refractivity contribution in [2.45, 2.75) is 64.5 Å². The van der Waals surface area contributed by atoms with Gasteiger partial charge >= 0.3 is 0 Å². The molecule has 0 N–H and O–H groups in total. The Morgan fingerprint density at radius 2 is 1.40 bits per heavy atom. The summed E-state index contributed by atoms with van der Waals surface area (Å²) in [7, 11) is 0. The van der Waals surface area contributed by atoms with E-state index in [0.717, 1.165) is 45.3 Å². The highest BCUT2D eigenvalue weighted by atomic mass is 35.5. The fraction of sp³-hybridized carbons (Fsp3) is 1.00. The Morgan fingerprint density at radius 3 is 1.73 bits per heavy atom. The van der Waals surface area contributed by atoms with Gasteiger partial charge in [0.2, 0.25) is 0 Å². The van der Waals surface area contributed by atoms with E-state index in [0.29, 0.717) is 0 Å². The SMILES string of the molecule is CCCCOC(OCCCC)C(Cl)CC. The molecule has 92 valence electrons. The molecular formula is C12H25ClO2. The molecule has 0 saturated heterocycles. The standard InChI is InChI=1S/C12H25ClO2/c1-4-7-9-14-12(11(13)6-3)15-10-8-5-2/h11-12H,4-10H2,1-3H3. The molecule has 0 rings (SSSR count). The van der Waals surface area contributed by atoms with Gasteiger partial charge in [-0.3, -0.25) is 0 Å². The smallest absolute Gasteiger partial charge is 0.173 e. The highest BCUT2D eigenvalue weighted by Crippen LogP contribution is 2.13. The van der Waals surface area contributed by atoms with Gasteiger partial charge in [-0.1, -0.05) is 33.6 Å². The average molecular weight is 237 g/mol. The van der Waals surface area contributed by atoms with Crippen LogP contribution in [0.1, 0.15) is 52.9 Å². The molecule has 0 aliphatic rings. The van der Waals surface area contributed by atoms with Crippen LogP contribution in [0.3, 0.4) is 0 Å². The predicted octanol–water partition coefficient (Wildman–Crippen LogP) is 3.96. The van der Waals surface area contributed by atoms with Crippen molar-refractivity contribution in [2.24, 2.45) is 0 Å². The van der Waals surface area contributed by atoms with Gasteiger partial charge < -0.3 is 9.47 Å². The van der Waals surface area contributed by atoms with Crippen molar-refractivity contribution in [1.29, 1.82) is 0 Å². The lowest BCUT2D eigenvalue weighted by Gasteiger charge is -2.22. The molecule has 15 heavy (non-hydrogen) atoms. The molecule has 2 nitrogen and oxygen atoms in total. The number of hydrogen-bond acceptors (Lipinski definition) is 2. The summed E-state index contributed by atoms with van der Waals surface area (Å²) in [6.45, 7) is 7.84. The molecule has 3 heteroatoms. The summed E-state index contributed by atoms with van der Waals surface area (Å²) in [6, 6.07) is 0. The van der Waals surface area contributed by atoms with Gasteiger partial charge in [0.15, 0.2) is 6.29 Å². The molecule has 0 saturated carbocycles. The van der Waals surface area contributed by atoms with Gasteiger partial charge in [-0.05, 0) is 19.3 Å². The van der Waals surface area contributed by atoms with Crippen molar-refractivity contribution < 1.29 is 9.47 Å². The maximum absolute atomic E-state index is 6.14. The number of hydrogen-bond donors (Lipinski definition) is 0.